The summed E-state index contributed by atoms with van der Waals surface area (Å²) in [5, 5.41) is 10.5. The highest BCUT2D eigenvalue weighted by atomic mass is 16.1. The summed E-state index contributed by atoms with van der Waals surface area (Å²) in [7, 11) is 0. The van der Waals surface area contributed by atoms with Gasteiger partial charge in [0.2, 0.25) is 5.91 Å². The number of carbonyl (C=O) groups excluding carboxylic acids is 1. The molecule has 0 saturated carbocycles. The number of benzene rings is 1. The number of aromatic nitrogens is 8. The van der Waals surface area contributed by atoms with Gasteiger partial charge in [0.25, 0.3) is 0 Å². The minimum atomic E-state index is -0.116. The number of nitrogens with zero attached hydrogens (tertiary/aromatic N) is 6. The van der Waals surface area contributed by atoms with E-state index in [2.05, 4.69) is 35.5 Å². The molecule has 0 spiro atoms. The predicted octanol–water partition coefficient (Wildman–Crippen LogP) is 5.20. The normalized spacial score (nSPS) is 11.2. The van der Waals surface area contributed by atoms with Gasteiger partial charge in [-0.1, -0.05) is 36.4 Å². The lowest BCUT2D eigenvalue weighted by Gasteiger charge is -2.07. The Balaban J connectivity index is 1.21. The zero-order chi connectivity index (χ0) is 26.9. The number of hydrogen-bond acceptors (Lipinski definition) is 7. The summed E-state index contributed by atoms with van der Waals surface area (Å²) in [4.78, 5) is 38.8. The van der Waals surface area contributed by atoms with E-state index in [0.717, 1.165) is 33.4 Å². The Morgan fingerprint density at radius 3 is 2.62 bits per heavy atom. The number of anilines is 1. The number of nitrogens with one attached hydrogen (secondary N) is 3. The molecule has 0 aliphatic carbocycles. The Bertz CT molecular complexity index is 1980. The van der Waals surface area contributed by atoms with E-state index in [1.54, 1.807) is 24.8 Å². The molecule has 7 aromatic rings. The van der Waals surface area contributed by atoms with Crippen LogP contribution in [0.25, 0.3) is 56.2 Å². The topological polar surface area (TPSA) is 138 Å². The summed E-state index contributed by atoms with van der Waals surface area (Å²) in [6.45, 7) is 0. The van der Waals surface area contributed by atoms with Crippen LogP contribution in [0, 0.1) is 0 Å². The van der Waals surface area contributed by atoms with Crippen LogP contribution in [0.5, 0.6) is 0 Å². The lowest BCUT2D eigenvalue weighted by molar-refractivity contribution is -0.115. The Hall–Kier alpha value is -5.77. The van der Waals surface area contributed by atoms with Crippen LogP contribution in [0.15, 0.2) is 97.6 Å². The van der Waals surface area contributed by atoms with Gasteiger partial charge >= 0.3 is 0 Å². The van der Waals surface area contributed by atoms with Crippen LogP contribution in [0.4, 0.5) is 5.69 Å². The minimum absolute atomic E-state index is 0.116. The first-order chi connectivity index (χ1) is 19.7. The number of imidazole rings is 1. The van der Waals surface area contributed by atoms with Gasteiger partial charge in [0.05, 0.1) is 40.7 Å². The number of aromatic amines is 2. The largest absolute Gasteiger partial charge is 0.335 e. The summed E-state index contributed by atoms with van der Waals surface area (Å²) < 4.78 is 0. The first-order valence-electron chi connectivity index (χ1n) is 12.6. The maximum atomic E-state index is 12.6. The molecule has 1 amide bonds. The minimum Gasteiger partial charge on any atom is -0.335 e. The van der Waals surface area contributed by atoms with E-state index in [1.807, 2.05) is 72.8 Å². The van der Waals surface area contributed by atoms with Crippen molar-refractivity contribution in [2.24, 2.45) is 0 Å². The molecule has 0 aliphatic heterocycles. The van der Waals surface area contributed by atoms with Gasteiger partial charge in [-0.2, -0.15) is 5.10 Å². The number of fused-ring (bicyclic) bond motifs is 2. The Morgan fingerprint density at radius 2 is 1.75 bits per heavy atom. The van der Waals surface area contributed by atoms with Gasteiger partial charge in [-0.3, -0.25) is 19.9 Å². The van der Waals surface area contributed by atoms with Crippen LogP contribution in [0.2, 0.25) is 0 Å². The third-order valence-corrected chi connectivity index (χ3v) is 6.49. The third-order valence-electron chi connectivity index (χ3n) is 6.49. The molecule has 3 N–H and O–H groups in total. The fourth-order valence-corrected chi connectivity index (χ4v) is 4.62. The van der Waals surface area contributed by atoms with Crippen molar-refractivity contribution in [1.82, 2.24) is 40.1 Å². The number of hydrogen-bond donors (Lipinski definition) is 3. The van der Waals surface area contributed by atoms with E-state index in [-0.39, 0.29) is 12.3 Å². The number of carbonyl (C=O) groups is 1. The average Bonchev–Trinajstić information content (AvgIpc) is 3.62. The van der Waals surface area contributed by atoms with Crippen molar-refractivity contribution in [3.63, 3.8) is 0 Å². The van der Waals surface area contributed by atoms with E-state index < -0.39 is 0 Å². The fourth-order valence-electron chi connectivity index (χ4n) is 4.62. The van der Waals surface area contributed by atoms with Crippen molar-refractivity contribution in [3.8, 4) is 34.0 Å². The first-order valence-corrected chi connectivity index (χ1v) is 12.6. The molecule has 0 radical (unpaired) electrons. The lowest BCUT2D eigenvalue weighted by Crippen LogP contribution is -2.14. The SMILES string of the molecule is O=C(Cc1ccccc1)Nc1cncc(-c2ccc3[nH]nc(-c4nc5nccc(-c6ccccn6)c5[nH]4)c3n2)c1. The van der Waals surface area contributed by atoms with Gasteiger partial charge < -0.3 is 10.3 Å². The third kappa shape index (κ3) is 4.43. The molecule has 1 aromatic carbocycles. The quantitative estimate of drug-likeness (QED) is 0.272. The summed E-state index contributed by atoms with van der Waals surface area (Å²) in [6.07, 6.45) is 7.08. The maximum absolute atomic E-state index is 12.6. The van der Waals surface area contributed by atoms with E-state index in [0.29, 0.717) is 34.1 Å². The monoisotopic (exact) mass is 523 g/mol. The predicted molar refractivity (Wildman–Crippen MR) is 152 cm³/mol. The van der Waals surface area contributed by atoms with Crippen molar-refractivity contribution in [3.05, 3.63) is 103 Å². The summed E-state index contributed by atoms with van der Waals surface area (Å²) in [5.41, 5.74) is 8.01. The van der Waals surface area contributed by atoms with Gasteiger partial charge in [-0.15, -0.1) is 0 Å². The van der Waals surface area contributed by atoms with Crippen molar-refractivity contribution in [2.45, 2.75) is 6.42 Å². The molecule has 40 heavy (non-hydrogen) atoms. The highest BCUT2D eigenvalue weighted by Gasteiger charge is 2.18. The van der Waals surface area contributed by atoms with Crippen LogP contribution in [0.1, 0.15) is 5.56 Å². The zero-order valence-electron chi connectivity index (χ0n) is 21.0. The van der Waals surface area contributed by atoms with Crippen LogP contribution >= 0.6 is 0 Å². The molecule has 192 valence electrons. The summed E-state index contributed by atoms with van der Waals surface area (Å²) in [6, 6.07) is 22.9. The molecule has 10 nitrogen and oxygen atoms in total. The standard InChI is InChI=1S/C30H21N9O/c40-25(14-18-6-2-1-3-7-18)34-20-15-19(16-31-17-20)22-9-10-24-27(35-22)28(39-38-24)30-36-26-21(11-13-33-29(26)37-30)23-8-4-5-12-32-23/h1-13,15-17H,14H2,(H,34,40)(H,38,39)(H,33,36,37). The molecule has 10 heteroatoms. The number of H-pyrrole nitrogens is 2. The van der Waals surface area contributed by atoms with Crippen LogP contribution in [-0.4, -0.2) is 46.0 Å². The second-order valence-electron chi connectivity index (χ2n) is 9.20. The average molecular weight is 524 g/mol. The maximum Gasteiger partial charge on any atom is 0.228 e. The summed E-state index contributed by atoms with van der Waals surface area (Å²) in [5.74, 6) is 0.427. The van der Waals surface area contributed by atoms with Crippen LogP contribution < -0.4 is 5.32 Å². The number of rotatable bonds is 6. The van der Waals surface area contributed by atoms with Crippen molar-refractivity contribution < 1.29 is 4.79 Å². The molecule has 0 unspecified atom stereocenters. The molecule has 0 atom stereocenters. The Morgan fingerprint density at radius 1 is 0.850 bits per heavy atom. The zero-order valence-corrected chi connectivity index (χ0v) is 21.0. The van der Waals surface area contributed by atoms with Crippen LogP contribution in [-0.2, 0) is 11.2 Å². The van der Waals surface area contributed by atoms with Gasteiger partial charge in [0.1, 0.15) is 5.52 Å². The highest BCUT2D eigenvalue weighted by Crippen LogP contribution is 2.30. The molecular weight excluding hydrogens is 502 g/mol. The number of amides is 1. The van der Waals surface area contributed by atoms with Crippen molar-refractivity contribution in [1.29, 1.82) is 0 Å². The van der Waals surface area contributed by atoms with E-state index in [4.69, 9.17) is 9.97 Å². The van der Waals surface area contributed by atoms with Gasteiger partial charge in [-0.05, 0) is 42.0 Å². The lowest BCUT2D eigenvalue weighted by atomic mass is 10.1. The Labute approximate surface area is 227 Å². The van der Waals surface area contributed by atoms with E-state index >= 15 is 0 Å². The fraction of sp³-hybridized carbons (Fsp3) is 0.0333. The second-order valence-corrected chi connectivity index (χ2v) is 9.20. The van der Waals surface area contributed by atoms with Gasteiger partial charge in [0, 0.05) is 29.7 Å². The first kappa shape index (κ1) is 23.4. The smallest absolute Gasteiger partial charge is 0.228 e. The van der Waals surface area contributed by atoms with E-state index in [1.165, 1.54) is 0 Å². The van der Waals surface area contributed by atoms with Crippen molar-refractivity contribution in [2.75, 3.05) is 5.32 Å². The van der Waals surface area contributed by atoms with Gasteiger partial charge in [0.15, 0.2) is 17.2 Å². The van der Waals surface area contributed by atoms with E-state index in [9.17, 15) is 4.79 Å². The molecule has 0 bridgehead atoms. The molecule has 6 heterocycles. The summed E-state index contributed by atoms with van der Waals surface area (Å²) >= 11 is 0. The molecule has 0 saturated heterocycles. The highest BCUT2D eigenvalue weighted by molar-refractivity contribution is 5.95. The molecule has 7 rings (SSSR count). The Kier molecular flexibility index (Phi) is 5.74. The van der Waals surface area contributed by atoms with Crippen molar-refractivity contribution >= 4 is 33.8 Å². The molecule has 0 aliphatic rings. The van der Waals surface area contributed by atoms with Crippen LogP contribution in [0.3, 0.4) is 0 Å². The molecule has 6 aromatic heterocycles. The molecule has 0 fully saturated rings. The second kappa shape index (κ2) is 9.84. The van der Waals surface area contributed by atoms with Gasteiger partial charge in [-0.25, -0.2) is 15.0 Å². The molecular formula is C30H21N9O. The number of pyridine rings is 4.